The van der Waals surface area contributed by atoms with Crippen LogP contribution < -0.4 is 29.6 Å². The molecule has 0 radical (unpaired) electrons. The summed E-state index contributed by atoms with van der Waals surface area (Å²) in [6.07, 6.45) is 11.7. The molecule has 0 aromatic carbocycles. The van der Waals surface area contributed by atoms with Gasteiger partial charge in [-0.1, -0.05) is 64.7 Å². The zero-order valence-corrected chi connectivity index (χ0v) is 14.3. The molecule has 106 valence electrons. The first-order valence-corrected chi connectivity index (χ1v) is 8.12. The number of unbranched alkanes of at least 4 members (excludes halogenated alkanes) is 9. The van der Waals surface area contributed by atoms with Crippen molar-refractivity contribution in [2.75, 3.05) is 5.75 Å². The van der Waals surface area contributed by atoms with Crippen molar-refractivity contribution in [2.24, 2.45) is 0 Å². The van der Waals surface area contributed by atoms with E-state index in [2.05, 4.69) is 6.92 Å². The van der Waals surface area contributed by atoms with Gasteiger partial charge in [0.05, 0.1) is 5.75 Å². The molecule has 0 aliphatic heterocycles. The third-order valence-corrected chi connectivity index (χ3v) is 3.56. The quantitative estimate of drug-likeness (QED) is 0.325. The third-order valence-electron chi connectivity index (χ3n) is 2.76. The summed E-state index contributed by atoms with van der Waals surface area (Å²) in [6.45, 7) is 2.22. The Morgan fingerprint density at radius 3 is 1.50 bits per heavy atom. The predicted molar refractivity (Wildman–Crippen MR) is 79.3 cm³/mol. The Hall–Kier alpha value is 1.44. The second-order valence-electron chi connectivity index (χ2n) is 4.47. The molecule has 0 aliphatic carbocycles. The van der Waals surface area contributed by atoms with Crippen LogP contribution in [0.15, 0.2) is 0 Å². The summed E-state index contributed by atoms with van der Waals surface area (Å²) in [6, 6.07) is 0. The van der Waals surface area contributed by atoms with E-state index in [9.17, 15) is 8.42 Å². The van der Waals surface area contributed by atoms with Crippen LogP contribution >= 0.6 is 0 Å². The van der Waals surface area contributed by atoms with E-state index in [0.717, 1.165) is 12.8 Å². The normalized spacial score (nSPS) is 10.6. The maximum Gasteiger partial charge on any atom is 1.00 e. The van der Waals surface area contributed by atoms with Gasteiger partial charge in [-0.2, -0.15) is 8.42 Å². The first kappa shape index (κ1) is 24.5. The van der Waals surface area contributed by atoms with Crippen molar-refractivity contribution in [3.8, 4) is 0 Å². The van der Waals surface area contributed by atoms with Crippen molar-refractivity contribution in [3.05, 3.63) is 0 Å². The molecule has 0 fully saturated rings. The summed E-state index contributed by atoms with van der Waals surface area (Å²) in [5.41, 5.74) is 0. The van der Waals surface area contributed by atoms with Crippen molar-refractivity contribution in [3.63, 3.8) is 0 Å². The molecular formula is C12H30AlNaO3S. The van der Waals surface area contributed by atoms with Crippen LogP contribution in [0.3, 0.4) is 0 Å². The molecule has 0 bridgehead atoms. The minimum Gasteiger partial charge on any atom is -1.00 e. The van der Waals surface area contributed by atoms with Gasteiger partial charge in [-0.05, 0) is 6.42 Å². The van der Waals surface area contributed by atoms with Gasteiger partial charge in [0.15, 0.2) is 17.4 Å². The molecule has 18 heavy (non-hydrogen) atoms. The standard InChI is InChI=1S/C12H26O3S.Al.Na.4H/c1-2-3-4-5-6-7-8-9-10-11-12-16(13,14)15;;;;;;/h2-12H2,1H3,(H,13,14,15);;;;;;/q;;+1;;;;-1. The molecule has 0 amide bonds. The Balaban J connectivity index is -0.000000375. The molecule has 0 saturated carbocycles. The first-order chi connectivity index (χ1) is 7.56. The van der Waals surface area contributed by atoms with Gasteiger partial charge in [-0.3, -0.25) is 4.55 Å². The van der Waals surface area contributed by atoms with E-state index in [0.29, 0.717) is 6.42 Å². The summed E-state index contributed by atoms with van der Waals surface area (Å²) >= 11 is 0. The molecule has 3 nitrogen and oxygen atoms in total. The summed E-state index contributed by atoms with van der Waals surface area (Å²) in [4.78, 5) is 0. The first-order valence-electron chi connectivity index (χ1n) is 6.51. The van der Waals surface area contributed by atoms with Gasteiger partial charge in [0.2, 0.25) is 0 Å². The third kappa shape index (κ3) is 22.6. The molecule has 0 aromatic rings. The van der Waals surface area contributed by atoms with E-state index in [1.165, 1.54) is 44.9 Å². The average molecular weight is 304 g/mol. The van der Waals surface area contributed by atoms with Crippen LogP contribution in [0.1, 0.15) is 72.6 Å². The van der Waals surface area contributed by atoms with Crippen LogP contribution in [0.5, 0.6) is 0 Å². The molecule has 0 unspecified atom stereocenters. The fourth-order valence-electron chi connectivity index (χ4n) is 1.77. The largest absolute Gasteiger partial charge is 1.00 e. The van der Waals surface area contributed by atoms with Crippen molar-refractivity contribution < 1.29 is 44.0 Å². The summed E-state index contributed by atoms with van der Waals surface area (Å²) in [7, 11) is -3.73. The molecule has 1 N–H and O–H groups in total. The van der Waals surface area contributed by atoms with Gasteiger partial charge in [0.25, 0.3) is 10.1 Å². The second kappa shape index (κ2) is 16.5. The SMILES string of the molecule is CCCCCCCCCCCCS(=O)(=O)O.[AlH3].[H-].[Na+]. The maximum absolute atomic E-state index is 10.4. The average Bonchev–Trinajstić information content (AvgIpc) is 2.19. The minimum absolute atomic E-state index is 0. The number of hydrogen-bond donors (Lipinski definition) is 1. The van der Waals surface area contributed by atoms with Crippen LogP contribution in [0, 0.1) is 0 Å². The Morgan fingerprint density at radius 2 is 1.17 bits per heavy atom. The number of rotatable bonds is 11. The van der Waals surface area contributed by atoms with E-state index in [-0.39, 0.29) is 54.1 Å². The molecule has 6 heteroatoms. The van der Waals surface area contributed by atoms with Crippen molar-refractivity contribution in [1.82, 2.24) is 0 Å². The van der Waals surface area contributed by atoms with E-state index < -0.39 is 10.1 Å². The van der Waals surface area contributed by atoms with Crippen molar-refractivity contribution in [1.29, 1.82) is 0 Å². The Labute approximate surface area is 147 Å². The smallest absolute Gasteiger partial charge is 1.00 e. The Kier molecular flexibility index (Phi) is 22.4. The van der Waals surface area contributed by atoms with Crippen LogP contribution in [-0.4, -0.2) is 36.1 Å². The van der Waals surface area contributed by atoms with Crippen LogP contribution in [-0.2, 0) is 10.1 Å². The predicted octanol–water partition coefficient (Wildman–Crippen LogP) is -0.272. The van der Waals surface area contributed by atoms with Gasteiger partial charge in [-0.25, -0.2) is 0 Å². The molecule has 0 aliphatic rings. The second-order valence-corrected chi connectivity index (χ2v) is 6.04. The fraction of sp³-hybridized carbons (Fsp3) is 1.00. The maximum atomic E-state index is 10.4. The van der Waals surface area contributed by atoms with Gasteiger partial charge in [0, 0.05) is 0 Å². The molecule has 0 saturated heterocycles. The zero-order valence-electron chi connectivity index (χ0n) is 12.5. The molecule has 0 spiro atoms. The van der Waals surface area contributed by atoms with Crippen LogP contribution in [0.4, 0.5) is 0 Å². The van der Waals surface area contributed by atoms with Crippen molar-refractivity contribution >= 4 is 27.5 Å². The minimum atomic E-state index is -3.73. The molecular weight excluding hydrogens is 274 g/mol. The van der Waals surface area contributed by atoms with E-state index in [1.807, 2.05) is 0 Å². The van der Waals surface area contributed by atoms with Gasteiger partial charge < -0.3 is 1.43 Å². The van der Waals surface area contributed by atoms with E-state index >= 15 is 0 Å². The fourth-order valence-corrected chi connectivity index (χ4v) is 2.34. The van der Waals surface area contributed by atoms with Gasteiger partial charge >= 0.3 is 29.6 Å². The monoisotopic (exact) mass is 304 g/mol. The van der Waals surface area contributed by atoms with Crippen LogP contribution in [0.25, 0.3) is 0 Å². The number of hydrogen-bond acceptors (Lipinski definition) is 2. The van der Waals surface area contributed by atoms with E-state index in [1.54, 1.807) is 0 Å². The topological polar surface area (TPSA) is 54.4 Å². The summed E-state index contributed by atoms with van der Waals surface area (Å²) < 4.78 is 29.4. The van der Waals surface area contributed by atoms with E-state index in [4.69, 9.17) is 4.55 Å². The Morgan fingerprint density at radius 1 is 0.833 bits per heavy atom. The van der Waals surface area contributed by atoms with Crippen LogP contribution in [0.2, 0.25) is 0 Å². The Bertz CT molecular complexity index is 251. The molecule has 0 rings (SSSR count). The zero-order chi connectivity index (χ0) is 12.3. The summed E-state index contributed by atoms with van der Waals surface area (Å²) in [5, 5.41) is 0. The molecule has 0 aromatic heterocycles. The summed E-state index contributed by atoms with van der Waals surface area (Å²) in [5.74, 6) is -0.0799. The van der Waals surface area contributed by atoms with Crippen molar-refractivity contribution in [2.45, 2.75) is 71.1 Å². The molecule has 0 atom stereocenters. The molecule has 0 heterocycles. The van der Waals surface area contributed by atoms with Gasteiger partial charge in [0.1, 0.15) is 0 Å². The van der Waals surface area contributed by atoms with Gasteiger partial charge in [-0.15, -0.1) is 0 Å².